The Morgan fingerprint density at radius 3 is 2.79 bits per heavy atom. The van der Waals surface area contributed by atoms with Crippen LogP contribution in [0.15, 0.2) is 0 Å². The van der Waals surface area contributed by atoms with E-state index in [-0.39, 0.29) is 30.6 Å². The Labute approximate surface area is 115 Å². The van der Waals surface area contributed by atoms with Gasteiger partial charge in [-0.25, -0.2) is 0 Å². The molecule has 1 aliphatic heterocycles. The first-order valence-corrected chi connectivity index (χ1v) is 7.29. The van der Waals surface area contributed by atoms with Gasteiger partial charge in [-0.3, -0.25) is 4.79 Å². The van der Waals surface area contributed by atoms with Crippen LogP contribution in [0.5, 0.6) is 0 Å². The number of aliphatic hydroxyl groups is 1. The zero-order chi connectivity index (χ0) is 14.0. The second-order valence-corrected chi connectivity index (χ2v) is 6.16. The summed E-state index contributed by atoms with van der Waals surface area (Å²) in [6.07, 6.45) is 1.57. The van der Waals surface area contributed by atoms with Gasteiger partial charge in [-0.05, 0) is 24.7 Å². The van der Waals surface area contributed by atoms with Crippen LogP contribution in [0, 0.1) is 17.8 Å². The van der Waals surface area contributed by atoms with Crippen LogP contribution in [-0.2, 0) is 9.53 Å². The smallest absolute Gasteiger partial charge is 0.226 e. The fraction of sp³-hybridized carbons (Fsp3) is 0.929. The highest BCUT2D eigenvalue weighted by molar-refractivity contribution is 5.79. The Kier molecular flexibility index (Phi) is 4.81. The third kappa shape index (κ3) is 3.27. The molecule has 0 bridgehead atoms. The van der Waals surface area contributed by atoms with Crippen molar-refractivity contribution in [1.82, 2.24) is 4.90 Å². The third-order valence-electron chi connectivity index (χ3n) is 4.66. The second-order valence-electron chi connectivity index (χ2n) is 6.16. The lowest BCUT2D eigenvalue weighted by atomic mass is 9.72. The highest BCUT2D eigenvalue weighted by atomic mass is 16.5. The van der Waals surface area contributed by atoms with Gasteiger partial charge in [0.05, 0.1) is 19.3 Å². The lowest BCUT2D eigenvalue weighted by molar-refractivity contribution is -0.147. The number of nitrogens with zero attached hydrogens (tertiary/aromatic N) is 1. The molecule has 5 atom stereocenters. The minimum absolute atomic E-state index is 0.0272. The average Bonchev–Trinajstić information content (AvgIpc) is 2.42. The van der Waals surface area contributed by atoms with E-state index in [0.29, 0.717) is 31.5 Å². The molecular formula is C14H26N2O3. The monoisotopic (exact) mass is 270 g/mol. The summed E-state index contributed by atoms with van der Waals surface area (Å²) < 4.78 is 5.39. The normalized spacial score (nSPS) is 40.2. The summed E-state index contributed by atoms with van der Waals surface area (Å²) >= 11 is 0. The largest absolute Gasteiger partial charge is 0.394 e. The number of nitrogens with two attached hydrogens (primary N) is 1. The maximum absolute atomic E-state index is 12.6. The number of amides is 1. The molecule has 1 aliphatic carbocycles. The van der Waals surface area contributed by atoms with Crippen molar-refractivity contribution >= 4 is 5.91 Å². The predicted molar refractivity (Wildman–Crippen MR) is 72.4 cm³/mol. The molecule has 1 heterocycles. The molecular weight excluding hydrogens is 244 g/mol. The van der Waals surface area contributed by atoms with Gasteiger partial charge in [0.2, 0.25) is 5.91 Å². The van der Waals surface area contributed by atoms with E-state index in [4.69, 9.17) is 15.6 Å². The van der Waals surface area contributed by atoms with E-state index in [2.05, 4.69) is 13.8 Å². The number of ether oxygens (including phenoxy) is 1. The van der Waals surface area contributed by atoms with Crippen molar-refractivity contribution in [3.8, 4) is 0 Å². The Bertz CT molecular complexity index is 324. The highest BCUT2D eigenvalue weighted by Gasteiger charge is 2.38. The number of hydrogen-bond donors (Lipinski definition) is 2. The minimum atomic E-state index is -0.232. The van der Waals surface area contributed by atoms with Crippen molar-refractivity contribution in [2.24, 2.45) is 23.5 Å². The number of carbonyl (C=O) groups is 1. The van der Waals surface area contributed by atoms with E-state index in [9.17, 15) is 4.79 Å². The topological polar surface area (TPSA) is 75.8 Å². The first-order valence-electron chi connectivity index (χ1n) is 7.29. The molecule has 5 unspecified atom stereocenters. The van der Waals surface area contributed by atoms with Crippen LogP contribution in [0.4, 0.5) is 0 Å². The van der Waals surface area contributed by atoms with E-state index in [1.807, 2.05) is 4.90 Å². The molecule has 1 saturated heterocycles. The van der Waals surface area contributed by atoms with Crippen LogP contribution >= 0.6 is 0 Å². The van der Waals surface area contributed by atoms with E-state index in [1.54, 1.807) is 0 Å². The zero-order valence-electron chi connectivity index (χ0n) is 11.9. The van der Waals surface area contributed by atoms with Crippen molar-refractivity contribution in [3.05, 3.63) is 0 Å². The predicted octanol–water partition coefficient (Wildman–Crippen LogP) is 0.216. The van der Waals surface area contributed by atoms with Gasteiger partial charge in [0, 0.05) is 25.0 Å². The van der Waals surface area contributed by atoms with Crippen molar-refractivity contribution in [3.63, 3.8) is 0 Å². The van der Waals surface area contributed by atoms with Crippen LogP contribution in [0.2, 0.25) is 0 Å². The van der Waals surface area contributed by atoms with E-state index >= 15 is 0 Å². The van der Waals surface area contributed by atoms with Crippen molar-refractivity contribution in [2.75, 3.05) is 26.3 Å². The molecule has 0 radical (unpaired) electrons. The number of carbonyl (C=O) groups excluding carboxylic acids is 1. The Morgan fingerprint density at radius 1 is 1.37 bits per heavy atom. The van der Waals surface area contributed by atoms with Crippen molar-refractivity contribution in [1.29, 1.82) is 0 Å². The molecule has 2 aliphatic rings. The van der Waals surface area contributed by atoms with Crippen molar-refractivity contribution < 1.29 is 14.6 Å². The fourth-order valence-electron chi connectivity index (χ4n) is 3.29. The number of rotatable bonds is 2. The SMILES string of the molecule is CC1CC(C)C(C(=O)N2CCOC(CO)C2)CC1N. The Hall–Kier alpha value is -0.650. The van der Waals surface area contributed by atoms with E-state index < -0.39 is 0 Å². The minimum Gasteiger partial charge on any atom is -0.394 e. The standard InChI is InChI=1S/C14H26N2O3/c1-9-5-10(2)13(15)6-12(9)14(18)16-3-4-19-11(7-16)8-17/h9-13,17H,3-8,15H2,1-2H3. The molecule has 3 N–H and O–H groups in total. The summed E-state index contributed by atoms with van der Waals surface area (Å²) in [5.41, 5.74) is 6.12. The van der Waals surface area contributed by atoms with Gasteiger partial charge in [-0.2, -0.15) is 0 Å². The van der Waals surface area contributed by atoms with Crippen LogP contribution in [0.25, 0.3) is 0 Å². The van der Waals surface area contributed by atoms with Crippen LogP contribution in [0.1, 0.15) is 26.7 Å². The highest BCUT2D eigenvalue weighted by Crippen LogP contribution is 2.34. The van der Waals surface area contributed by atoms with Crippen molar-refractivity contribution in [2.45, 2.75) is 38.8 Å². The molecule has 1 amide bonds. The molecule has 0 spiro atoms. The second kappa shape index (κ2) is 6.20. The van der Waals surface area contributed by atoms with Gasteiger partial charge in [0.25, 0.3) is 0 Å². The average molecular weight is 270 g/mol. The number of aliphatic hydroxyl groups excluding tert-OH is 1. The van der Waals surface area contributed by atoms with Crippen LogP contribution in [-0.4, -0.2) is 54.4 Å². The summed E-state index contributed by atoms with van der Waals surface area (Å²) in [6.45, 7) is 5.93. The molecule has 2 fully saturated rings. The fourth-order valence-corrected chi connectivity index (χ4v) is 3.29. The molecule has 5 nitrogen and oxygen atoms in total. The van der Waals surface area contributed by atoms with E-state index in [1.165, 1.54) is 0 Å². The molecule has 110 valence electrons. The maximum Gasteiger partial charge on any atom is 0.226 e. The first kappa shape index (κ1) is 14.8. The molecule has 2 rings (SSSR count). The van der Waals surface area contributed by atoms with Gasteiger partial charge in [-0.1, -0.05) is 13.8 Å². The van der Waals surface area contributed by atoms with Gasteiger partial charge < -0.3 is 20.5 Å². The lowest BCUT2D eigenvalue weighted by Gasteiger charge is -2.40. The molecule has 0 aromatic carbocycles. The van der Waals surface area contributed by atoms with Gasteiger partial charge in [0.15, 0.2) is 0 Å². The molecule has 5 heteroatoms. The first-order chi connectivity index (χ1) is 9.02. The van der Waals surface area contributed by atoms with Gasteiger partial charge in [0.1, 0.15) is 0 Å². The molecule has 19 heavy (non-hydrogen) atoms. The van der Waals surface area contributed by atoms with Crippen LogP contribution in [0.3, 0.4) is 0 Å². The summed E-state index contributed by atoms with van der Waals surface area (Å²) in [5, 5.41) is 9.15. The third-order valence-corrected chi connectivity index (χ3v) is 4.66. The molecule has 0 aromatic heterocycles. The summed E-state index contributed by atoms with van der Waals surface area (Å²) in [6, 6.07) is 0.125. The lowest BCUT2D eigenvalue weighted by Crippen LogP contribution is -2.52. The van der Waals surface area contributed by atoms with E-state index in [0.717, 1.165) is 12.8 Å². The summed E-state index contributed by atoms with van der Waals surface area (Å²) in [7, 11) is 0. The number of hydrogen-bond acceptors (Lipinski definition) is 4. The summed E-state index contributed by atoms with van der Waals surface area (Å²) in [5.74, 6) is 1.10. The van der Waals surface area contributed by atoms with Gasteiger partial charge in [-0.15, -0.1) is 0 Å². The summed E-state index contributed by atoms with van der Waals surface area (Å²) in [4.78, 5) is 14.5. The number of morpholine rings is 1. The quantitative estimate of drug-likeness (QED) is 0.752. The molecule has 0 aromatic rings. The Morgan fingerprint density at radius 2 is 2.11 bits per heavy atom. The zero-order valence-corrected chi connectivity index (χ0v) is 11.9. The van der Waals surface area contributed by atoms with Crippen LogP contribution < -0.4 is 5.73 Å². The van der Waals surface area contributed by atoms with Gasteiger partial charge >= 0.3 is 0 Å². The molecule has 1 saturated carbocycles. The maximum atomic E-state index is 12.6. The Balaban J connectivity index is 1.98.